The molecule has 2 amide bonds. The molecule has 2 aliphatic heterocycles. The minimum atomic E-state index is -0.471. The van der Waals surface area contributed by atoms with Gasteiger partial charge < -0.3 is 4.90 Å². The van der Waals surface area contributed by atoms with E-state index in [0.29, 0.717) is 0 Å². The van der Waals surface area contributed by atoms with Gasteiger partial charge in [-0.3, -0.25) is 19.8 Å². The third-order valence-electron chi connectivity index (χ3n) is 5.48. The van der Waals surface area contributed by atoms with E-state index in [1.807, 2.05) is 6.92 Å². The first kappa shape index (κ1) is 21.0. The summed E-state index contributed by atoms with van der Waals surface area (Å²) in [6, 6.07) is 4.20. The monoisotopic (exact) mass is 409 g/mol. The maximum absolute atomic E-state index is 12.8. The van der Waals surface area contributed by atoms with Crippen LogP contribution in [0.3, 0.4) is 0 Å². The molecular weight excluding hydrogens is 382 g/mol. The van der Waals surface area contributed by atoms with E-state index in [1.165, 1.54) is 16.2 Å². The molecule has 2 heterocycles. The number of carbonyl (C=O) groups excluding carboxylic acids is 2. The lowest BCUT2D eigenvalue weighted by Gasteiger charge is -2.43. The van der Waals surface area contributed by atoms with E-state index >= 15 is 0 Å². The molecule has 0 atom stereocenters. The first-order chi connectivity index (χ1) is 13.6. The molecule has 1 aromatic carbocycles. The molecular formula is C23H27N3O2S. The molecule has 0 unspecified atom stereocenters. The SMILES string of the molecule is C=CCN1C(=O)/C(=C/c2cc3c(cc2C)N(CC)C(C)(C)C=C3C)C(=O)NC1=S. The van der Waals surface area contributed by atoms with Crippen molar-refractivity contribution in [3.8, 4) is 0 Å². The molecule has 0 spiro atoms. The number of nitrogens with zero attached hydrogens (tertiary/aromatic N) is 2. The lowest BCUT2D eigenvalue weighted by Crippen LogP contribution is -2.53. The van der Waals surface area contributed by atoms with Crippen LogP contribution in [-0.2, 0) is 9.59 Å². The third kappa shape index (κ3) is 3.65. The van der Waals surface area contributed by atoms with Gasteiger partial charge in [-0.2, -0.15) is 0 Å². The topological polar surface area (TPSA) is 52.7 Å². The van der Waals surface area contributed by atoms with Crippen molar-refractivity contribution in [3.05, 3.63) is 53.1 Å². The maximum Gasteiger partial charge on any atom is 0.265 e. The fraction of sp³-hybridized carbons (Fsp3) is 0.348. The van der Waals surface area contributed by atoms with Crippen LogP contribution >= 0.6 is 12.2 Å². The molecule has 152 valence electrons. The van der Waals surface area contributed by atoms with Gasteiger partial charge in [-0.25, -0.2) is 0 Å². The highest BCUT2D eigenvalue weighted by atomic mass is 32.1. The van der Waals surface area contributed by atoms with Crippen molar-refractivity contribution in [1.29, 1.82) is 0 Å². The molecule has 0 saturated carbocycles. The molecule has 1 fully saturated rings. The predicted molar refractivity (Wildman–Crippen MR) is 123 cm³/mol. The average molecular weight is 410 g/mol. The average Bonchev–Trinajstić information content (AvgIpc) is 2.62. The van der Waals surface area contributed by atoms with E-state index < -0.39 is 11.8 Å². The van der Waals surface area contributed by atoms with Gasteiger partial charge in [0.25, 0.3) is 11.8 Å². The van der Waals surface area contributed by atoms with Gasteiger partial charge in [-0.15, -0.1) is 6.58 Å². The Bertz CT molecular complexity index is 988. The number of rotatable bonds is 4. The standard InChI is InChI=1S/C23H27N3O2S/c1-7-9-25-21(28)18(20(27)24-22(25)29)12-16-11-17-15(4)13-23(5,6)26(8-2)19(17)10-14(16)3/h7,10-13H,1,8-9H2,2-6H3,(H,24,27,29)/b18-12+. The van der Waals surface area contributed by atoms with E-state index in [4.69, 9.17) is 12.2 Å². The van der Waals surface area contributed by atoms with Crippen LogP contribution in [0.15, 0.2) is 36.4 Å². The number of hydrogen-bond donors (Lipinski definition) is 1. The summed E-state index contributed by atoms with van der Waals surface area (Å²) in [5.74, 6) is -0.875. The molecule has 6 heteroatoms. The summed E-state index contributed by atoms with van der Waals surface area (Å²) in [4.78, 5) is 29.0. The van der Waals surface area contributed by atoms with Crippen LogP contribution in [0.5, 0.6) is 0 Å². The Hall–Kier alpha value is -2.73. The summed E-state index contributed by atoms with van der Waals surface area (Å²) in [6.45, 7) is 15.4. The van der Waals surface area contributed by atoms with Crippen molar-refractivity contribution in [2.75, 3.05) is 18.0 Å². The Balaban J connectivity index is 2.10. The quantitative estimate of drug-likeness (QED) is 0.355. The smallest absolute Gasteiger partial charge is 0.265 e. The highest BCUT2D eigenvalue weighted by molar-refractivity contribution is 7.80. The Kier molecular flexibility index (Phi) is 5.50. The number of anilines is 1. The summed E-state index contributed by atoms with van der Waals surface area (Å²) >= 11 is 5.12. The van der Waals surface area contributed by atoms with Crippen molar-refractivity contribution in [1.82, 2.24) is 10.2 Å². The summed E-state index contributed by atoms with van der Waals surface area (Å²) in [7, 11) is 0. The molecule has 1 aromatic rings. The molecule has 2 aliphatic rings. The van der Waals surface area contributed by atoms with E-state index in [2.05, 4.69) is 62.7 Å². The molecule has 29 heavy (non-hydrogen) atoms. The number of benzene rings is 1. The Morgan fingerprint density at radius 3 is 2.55 bits per heavy atom. The van der Waals surface area contributed by atoms with E-state index in [1.54, 1.807) is 12.2 Å². The largest absolute Gasteiger partial charge is 0.363 e. The summed E-state index contributed by atoms with van der Waals surface area (Å²) < 4.78 is 0. The Morgan fingerprint density at radius 2 is 1.93 bits per heavy atom. The first-order valence-corrected chi connectivity index (χ1v) is 10.1. The highest BCUT2D eigenvalue weighted by Crippen LogP contribution is 2.40. The maximum atomic E-state index is 12.8. The van der Waals surface area contributed by atoms with Crippen LogP contribution in [-0.4, -0.2) is 40.5 Å². The summed E-state index contributed by atoms with van der Waals surface area (Å²) in [6.07, 6.45) is 5.50. The van der Waals surface area contributed by atoms with E-state index in [-0.39, 0.29) is 22.8 Å². The number of allylic oxidation sites excluding steroid dienone is 1. The number of hydrogen-bond acceptors (Lipinski definition) is 4. The normalized spacial score (nSPS) is 19.8. The van der Waals surface area contributed by atoms with Crippen LogP contribution in [0.25, 0.3) is 11.6 Å². The van der Waals surface area contributed by atoms with Crippen molar-refractivity contribution >= 4 is 46.5 Å². The zero-order valence-corrected chi connectivity index (χ0v) is 18.4. The van der Waals surface area contributed by atoms with Crippen LogP contribution in [0.1, 0.15) is 44.4 Å². The number of carbonyl (C=O) groups is 2. The van der Waals surface area contributed by atoms with Crippen molar-refractivity contribution in [3.63, 3.8) is 0 Å². The van der Waals surface area contributed by atoms with Gasteiger partial charge in [0.15, 0.2) is 5.11 Å². The van der Waals surface area contributed by atoms with Crippen LogP contribution < -0.4 is 10.2 Å². The van der Waals surface area contributed by atoms with E-state index in [9.17, 15) is 9.59 Å². The van der Waals surface area contributed by atoms with Gasteiger partial charge in [0.2, 0.25) is 0 Å². The van der Waals surface area contributed by atoms with Crippen molar-refractivity contribution in [2.24, 2.45) is 0 Å². The van der Waals surface area contributed by atoms with Gasteiger partial charge in [0.05, 0.1) is 5.54 Å². The third-order valence-corrected chi connectivity index (χ3v) is 5.80. The minimum absolute atomic E-state index is 0.0711. The molecule has 0 radical (unpaired) electrons. The predicted octanol–water partition coefficient (Wildman–Crippen LogP) is 3.83. The molecule has 0 bridgehead atoms. The van der Waals surface area contributed by atoms with Crippen molar-refractivity contribution < 1.29 is 9.59 Å². The van der Waals surface area contributed by atoms with Gasteiger partial charge >= 0.3 is 0 Å². The molecule has 0 aromatic heterocycles. The Morgan fingerprint density at radius 1 is 1.24 bits per heavy atom. The van der Waals surface area contributed by atoms with Gasteiger partial charge in [0, 0.05) is 24.3 Å². The second-order valence-electron chi connectivity index (χ2n) is 7.97. The second kappa shape index (κ2) is 7.59. The van der Waals surface area contributed by atoms with Crippen molar-refractivity contribution in [2.45, 2.75) is 40.2 Å². The van der Waals surface area contributed by atoms with Crippen LogP contribution in [0.2, 0.25) is 0 Å². The van der Waals surface area contributed by atoms with Gasteiger partial charge in [-0.1, -0.05) is 12.2 Å². The zero-order chi connectivity index (χ0) is 21.5. The van der Waals surface area contributed by atoms with Crippen LogP contribution in [0.4, 0.5) is 5.69 Å². The van der Waals surface area contributed by atoms with Gasteiger partial charge in [-0.05, 0) is 81.7 Å². The Labute approximate surface area is 177 Å². The summed E-state index contributed by atoms with van der Waals surface area (Å²) in [5.41, 5.74) is 5.33. The number of aryl methyl sites for hydroxylation is 1. The van der Waals surface area contributed by atoms with Gasteiger partial charge in [0.1, 0.15) is 5.57 Å². The highest BCUT2D eigenvalue weighted by Gasteiger charge is 2.34. The molecule has 3 rings (SSSR count). The summed E-state index contributed by atoms with van der Waals surface area (Å²) in [5, 5.41) is 2.70. The zero-order valence-electron chi connectivity index (χ0n) is 17.6. The number of likely N-dealkylation sites (N-methyl/N-ethyl adjacent to an activating group) is 1. The molecule has 1 saturated heterocycles. The molecule has 1 N–H and O–H groups in total. The first-order valence-electron chi connectivity index (χ1n) is 9.72. The number of amides is 2. The fourth-order valence-electron chi connectivity index (χ4n) is 4.12. The second-order valence-corrected chi connectivity index (χ2v) is 8.36. The lowest BCUT2D eigenvalue weighted by molar-refractivity contribution is -0.128. The number of thiocarbonyl (C=S) groups is 1. The lowest BCUT2D eigenvalue weighted by atomic mass is 9.86. The fourth-order valence-corrected chi connectivity index (χ4v) is 4.37. The van der Waals surface area contributed by atoms with E-state index in [0.717, 1.165) is 23.2 Å². The minimum Gasteiger partial charge on any atom is -0.363 e. The number of fused-ring (bicyclic) bond motifs is 1. The van der Waals surface area contributed by atoms with Crippen LogP contribution in [0, 0.1) is 6.92 Å². The molecule has 5 nitrogen and oxygen atoms in total. The number of nitrogens with one attached hydrogen (secondary N) is 1. The molecule has 0 aliphatic carbocycles.